The Morgan fingerprint density at radius 1 is 1.04 bits per heavy atom. The maximum absolute atomic E-state index is 10.7. The van der Waals surface area contributed by atoms with Gasteiger partial charge in [-0.25, -0.2) is 14.8 Å². The van der Waals surface area contributed by atoms with Crippen molar-refractivity contribution < 1.29 is 9.90 Å². The lowest BCUT2D eigenvalue weighted by molar-refractivity contribution is -0.131. The molecule has 2 aromatic rings. The summed E-state index contributed by atoms with van der Waals surface area (Å²) in [7, 11) is 0. The number of hydrogen-bond acceptors (Lipinski definition) is 3. The molecule has 134 valence electrons. The van der Waals surface area contributed by atoms with Crippen molar-refractivity contribution in [3.8, 4) is 0 Å². The number of carboxylic acid groups (broad SMARTS) is 1. The van der Waals surface area contributed by atoms with Gasteiger partial charge < -0.3 is 5.11 Å². The second-order valence-electron chi connectivity index (χ2n) is 7.56. The molecule has 2 aliphatic carbocycles. The van der Waals surface area contributed by atoms with E-state index in [1.54, 1.807) is 6.92 Å². The minimum Gasteiger partial charge on any atom is -0.478 e. The number of benzene rings is 1. The van der Waals surface area contributed by atoms with Crippen molar-refractivity contribution in [1.29, 1.82) is 0 Å². The Morgan fingerprint density at radius 2 is 1.65 bits per heavy atom. The number of carboxylic acids is 1. The van der Waals surface area contributed by atoms with Gasteiger partial charge in [0.05, 0.1) is 22.4 Å². The third-order valence-corrected chi connectivity index (χ3v) is 5.62. The molecule has 0 radical (unpaired) electrons. The van der Waals surface area contributed by atoms with Gasteiger partial charge >= 0.3 is 5.97 Å². The number of hydrogen-bond donors (Lipinski definition) is 1. The molecule has 2 fully saturated rings. The lowest BCUT2D eigenvalue weighted by atomic mass is 9.76. The lowest BCUT2D eigenvalue weighted by Gasteiger charge is -2.32. The summed E-state index contributed by atoms with van der Waals surface area (Å²) in [5, 5.41) is 8.80. The summed E-state index contributed by atoms with van der Waals surface area (Å²) in [5.74, 6) is 0.263. The summed E-state index contributed by atoms with van der Waals surface area (Å²) in [5.41, 5.74) is 6.11. The fourth-order valence-corrected chi connectivity index (χ4v) is 3.64. The van der Waals surface area contributed by atoms with Gasteiger partial charge in [-0.1, -0.05) is 31.1 Å². The topological polar surface area (TPSA) is 63.1 Å². The first-order valence-electron chi connectivity index (χ1n) is 9.51. The van der Waals surface area contributed by atoms with Crippen LogP contribution in [0.4, 0.5) is 0 Å². The van der Waals surface area contributed by atoms with Gasteiger partial charge in [-0.05, 0) is 55.9 Å². The Hall–Kier alpha value is -2.49. The zero-order chi connectivity index (χ0) is 18.1. The minimum absolute atomic E-state index is 0.586. The quantitative estimate of drug-likeness (QED) is 0.595. The number of aliphatic carboxylic acids is 1. The second-order valence-corrected chi connectivity index (χ2v) is 7.56. The zero-order valence-corrected chi connectivity index (χ0v) is 15.1. The smallest absolute Gasteiger partial charge is 0.328 e. The third kappa shape index (κ3) is 3.41. The van der Waals surface area contributed by atoms with Crippen LogP contribution in [0.2, 0.25) is 0 Å². The molecule has 1 aromatic carbocycles. The molecular weight excluding hydrogens is 324 g/mol. The van der Waals surface area contributed by atoms with Gasteiger partial charge in [0.25, 0.3) is 0 Å². The first-order chi connectivity index (χ1) is 12.6. The highest BCUT2D eigenvalue weighted by Crippen LogP contribution is 2.43. The number of allylic oxidation sites excluding steroid dienone is 2. The van der Waals surface area contributed by atoms with Gasteiger partial charge in [-0.2, -0.15) is 0 Å². The summed E-state index contributed by atoms with van der Waals surface area (Å²) in [6, 6.07) is 6.11. The Labute approximate surface area is 153 Å². The maximum atomic E-state index is 10.7. The van der Waals surface area contributed by atoms with Crippen LogP contribution in [0.5, 0.6) is 0 Å². The van der Waals surface area contributed by atoms with E-state index in [-0.39, 0.29) is 0 Å². The first kappa shape index (κ1) is 17.0. The van der Waals surface area contributed by atoms with E-state index in [9.17, 15) is 4.79 Å². The van der Waals surface area contributed by atoms with Crippen LogP contribution in [0, 0.1) is 0 Å². The van der Waals surface area contributed by atoms with Crippen molar-refractivity contribution in [2.24, 2.45) is 0 Å². The SMILES string of the molecule is CC(C=Cc1ccc2nc(C3CCC3)c(C3CCC3)nc2c1)=CC(=O)O. The molecule has 1 aromatic heterocycles. The molecule has 4 rings (SSSR count). The average Bonchev–Trinajstić information content (AvgIpc) is 2.49. The lowest BCUT2D eigenvalue weighted by Crippen LogP contribution is -2.20. The van der Waals surface area contributed by atoms with Crippen molar-refractivity contribution >= 4 is 23.1 Å². The highest BCUT2D eigenvalue weighted by molar-refractivity contribution is 5.82. The highest BCUT2D eigenvalue weighted by Gasteiger charge is 2.30. The predicted molar refractivity (Wildman–Crippen MR) is 103 cm³/mol. The number of aromatic nitrogens is 2. The Balaban J connectivity index is 1.69. The van der Waals surface area contributed by atoms with Crippen LogP contribution in [0.1, 0.15) is 74.2 Å². The Bertz CT molecular complexity index is 906. The van der Waals surface area contributed by atoms with Gasteiger partial charge in [-0.3, -0.25) is 0 Å². The Kier molecular flexibility index (Phi) is 4.58. The summed E-state index contributed by atoms with van der Waals surface area (Å²) >= 11 is 0. The molecule has 0 spiro atoms. The Morgan fingerprint density at radius 3 is 2.19 bits per heavy atom. The second kappa shape index (κ2) is 7.02. The van der Waals surface area contributed by atoms with Crippen molar-refractivity contribution in [2.45, 2.75) is 57.3 Å². The van der Waals surface area contributed by atoms with Crippen LogP contribution in [0.25, 0.3) is 17.1 Å². The van der Waals surface area contributed by atoms with Crippen LogP contribution in [-0.4, -0.2) is 21.0 Å². The van der Waals surface area contributed by atoms with Gasteiger partial charge in [0.15, 0.2) is 0 Å². The number of nitrogens with zero attached hydrogens (tertiary/aromatic N) is 2. The molecular formula is C22H24N2O2. The van der Waals surface area contributed by atoms with Crippen molar-refractivity contribution in [3.63, 3.8) is 0 Å². The van der Waals surface area contributed by atoms with E-state index in [0.29, 0.717) is 17.4 Å². The first-order valence-corrected chi connectivity index (χ1v) is 9.51. The van der Waals surface area contributed by atoms with Crippen molar-refractivity contribution in [3.05, 3.63) is 52.9 Å². The van der Waals surface area contributed by atoms with Crippen LogP contribution < -0.4 is 0 Å². The molecule has 4 nitrogen and oxygen atoms in total. The molecule has 1 N–H and O–H groups in total. The number of fused-ring (bicyclic) bond motifs is 1. The van der Waals surface area contributed by atoms with Crippen molar-refractivity contribution in [1.82, 2.24) is 9.97 Å². The summed E-state index contributed by atoms with van der Waals surface area (Å²) in [6.45, 7) is 1.78. The monoisotopic (exact) mass is 348 g/mol. The molecule has 0 amide bonds. The van der Waals surface area contributed by atoms with E-state index in [2.05, 4.69) is 6.07 Å². The van der Waals surface area contributed by atoms with Gasteiger partial charge in [-0.15, -0.1) is 0 Å². The molecule has 1 heterocycles. The van der Waals surface area contributed by atoms with Crippen LogP contribution >= 0.6 is 0 Å². The predicted octanol–water partition coefficient (Wildman–Crippen LogP) is 5.21. The molecule has 0 unspecified atom stereocenters. The minimum atomic E-state index is -0.926. The zero-order valence-electron chi connectivity index (χ0n) is 15.1. The third-order valence-electron chi connectivity index (χ3n) is 5.62. The fraction of sp³-hybridized carbons (Fsp3) is 0.409. The molecule has 4 heteroatoms. The summed E-state index contributed by atoms with van der Waals surface area (Å²) < 4.78 is 0. The largest absolute Gasteiger partial charge is 0.478 e. The summed E-state index contributed by atoms with van der Waals surface area (Å²) in [6.07, 6.45) is 12.5. The van der Waals surface area contributed by atoms with Gasteiger partial charge in [0, 0.05) is 17.9 Å². The number of rotatable bonds is 5. The fourth-order valence-electron chi connectivity index (χ4n) is 3.64. The van der Waals surface area contributed by atoms with Gasteiger partial charge in [0.2, 0.25) is 0 Å². The van der Waals surface area contributed by atoms with Crippen molar-refractivity contribution in [2.75, 3.05) is 0 Å². The van der Waals surface area contributed by atoms with E-state index in [1.165, 1.54) is 56.0 Å². The molecule has 2 saturated carbocycles. The average molecular weight is 348 g/mol. The maximum Gasteiger partial charge on any atom is 0.328 e. The molecule has 26 heavy (non-hydrogen) atoms. The molecule has 0 aliphatic heterocycles. The molecule has 0 atom stereocenters. The van der Waals surface area contributed by atoms with Crippen LogP contribution in [0.3, 0.4) is 0 Å². The highest BCUT2D eigenvalue weighted by atomic mass is 16.4. The normalized spacial score (nSPS) is 18.9. The standard InChI is InChI=1S/C22H24N2O2/c1-14(12-20(25)26)8-9-15-10-11-18-19(13-15)24-22(17-6-3-7-17)21(23-18)16-4-2-5-16/h8-13,16-17H,2-7H2,1H3,(H,25,26). The molecule has 0 saturated heterocycles. The van der Waals surface area contributed by atoms with E-state index >= 15 is 0 Å². The van der Waals surface area contributed by atoms with E-state index in [0.717, 1.165) is 16.6 Å². The molecule has 2 aliphatic rings. The number of carbonyl (C=O) groups is 1. The van der Waals surface area contributed by atoms with Crippen LogP contribution in [0.15, 0.2) is 35.9 Å². The van der Waals surface area contributed by atoms with Crippen LogP contribution in [-0.2, 0) is 4.79 Å². The van der Waals surface area contributed by atoms with Gasteiger partial charge in [0.1, 0.15) is 0 Å². The summed E-state index contributed by atoms with van der Waals surface area (Å²) in [4.78, 5) is 20.8. The molecule has 0 bridgehead atoms. The van der Waals surface area contributed by atoms with E-state index in [1.807, 2.05) is 24.3 Å². The van der Waals surface area contributed by atoms with E-state index < -0.39 is 5.97 Å². The van der Waals surface area contributed by atoms with E-state index in [4.69, 9.17) is 15.1 Å².